The van der Waals surface area contributed by atoms with Crippen molar-refractivity contribution in [2.75, 3.05) is 50.2 Å². The average Bonchev–Trinajstić information content (AvgIpc) is 2.60. The van der Waals surface area contributed by atoms with Crippen LogP contribution >= 0.6 is 0 Å². The minimum Gasteiger partial charge on any atom is -0.381 e. The Morgan fingerprint density at radius 1 is 0.818 bits per heavy atom. The molecule has 2 aliphatic heterocycles. The third-order valence-corrected chi connectivity index (χ3v) is 4.35. The van der Waals surface area contributed by atoms with Gasteiger partial charge in [-0.1, -0.05) is 0 Å². The molecule has 0 aromatic carbocycles. The van der Waals surface area contributed by atoms with Crippen molar-refractivity contribution in [1.29, 1.82) is 0 Å². The van der Waals surface area contributed by atoms with Crippen LogP contribution in [0.4, 0.5) is 11.9 Å². The molecule has 2 N–H and O–H groups in total. The molecule has 0 bridgehead atoms. The minimum atomic E-state index is 0.643. The lowest BCUT2D eigenvalue weighted by Gasteiger charge is -2.22. The van der Waals surface area contributed by atoms with Crippen molar-refractivity contribution in [1.82, 2.24) is 15.0 Å². The summed E-state index contributed by atoms with van der Waals surface area (Å²) in [4.78, 5) is 12.8. The van der Waals surface area contributed by atoms with Crippen LogP contribution in [0.3, 0.4) is 0 Å². The SMILES string of the molecule is c1nc(NCC2CCOCC2)nc(NCC2CCOCC2)n1. The van der Waals surface area contributed by atoms with Gasteiger partial charge in [-0.25, -0.2) is 9.97 Å². The zero-order valence-corrected chi connectivity index (χ0v) is 13.0. The van der Waals surface area contributed by atoms with Crippen LogP contribution in [0.25, 0.3) is 0 Å². The fourth-order valence-corrected chi connectivity index (χ4v) is 2.84. The van der Waals surface area contributed by atoms with Crippen LogP contribution < -0.4 is 10.6 Å². The first-order chi connectivity index (χ1) is 10.9. The van der Waals surface area contributed by atoms with Crippen LogP contribution in [0, 0.1) is 11.8 Å². The molecule has 1 aromatic rings. The molecule has 0 atom stereocenters. The number of hydrogen-bond acceptors (Lipinski definition) is 7. The van der Waals surface area contributed by atoms with E-state index in [1.54, 1.807) is 6.33 Å². The van der Waals surface area contributed by atoms with Crippen LogP contribution in [0.1, 0.15) is 25.7 Å². The highest BCUT2D eigenvalue weighted by Crippen LogP contribution is 2.16. The minimum absolute atomic E-state index is 0.643. The molecule has 122 valence electrons. The van der Waals surface area contributed by atoms with Gasteiger partial charge in [-0.15, -0.1) is 0 Å². The monoisotopic (exact) mass is 307 g/mol. The van der Waals surface area contributed by atoms with E-state index in [1.807, 2.05) is 0 Å². The topological polar surface area (TPSA) is 81.2 Å². The third kappa shape index (κ3) is 4.78. The van der Waals surface area contributed by atoms with Crippen molar-refractivity contribution in [3.05, 3.63) is 6.33 Å². The highest BCUT2D eigenvalue weighted by Gasteiger charge is 2.15. The summed E-state index contributed by atoms with van der Waals surface area (Å²) in [7, 11) is 0. The van der Waals surface area contributed by atoms with Gasteiger partial charge in [0.15, 0.2) is 0 Å². The second-order valence-electron chi connectivity index (χ2n) is 6.01. The number of anilines is 2. The molecule has 3 rings (SSSR count). The molecule has 1 aromatic heterocycles. The van der Waals surface area contributed by atoms with Crippen LogP contribution in [0.15, 0.2) is 6.33 Å². The first-order valence-electron chi connectivity index (χ1n) is 8.22. The van der Waals surface area contributed by atoms with Crippen molar-refractivity contribution in [3.8, 4) is 0 Å². The summed E-state index contributed by atoms with van der Waals surface area (Å²) < 4.78 is 10.7. The maximum Gasteiger partial charge on any atom is 0.227 e. The van der Waals surface area contributed by atoms with E-state index in [0.717, 1.165) is 65.2 Å². The first-order valence-corrected chi connectivity index (χ1v) is 8.22. The van der Waals surface area contributed by atoms with Crippen molar-refractivity contribution < 1.29 is 9.47 Å². The molecule has 3 heterocycles. The zero-order valence-electron chi connectivity index (χ0n) is 13.0. The number of rotatable bonds is 6. The van der Waals surface area contributed by atoms with Gasteiger partial charge in [-0.3, -0.25) is 0 Å². The second-order valence-corrected chi connectivity index (χ2v) is 6.01. The molecular weight excluding hydrogens is 282 g/mol. The van der Waals surface area contributed by atoms with Crippen LogP contribution in [0.5, 0.6) is 0 Å². The summed E-state index contributed by atoms with van der Waals surface area (Å²) in [5, 5.41) is 6.63. The van der Waals surface area contributed by atoms with Gasteiger partial charge in [-0.05, 0) is 37.5 Å². The van der Waals surface area contributed by atoms with E-state index < -0.39 is 0 Å². The van der Waals surface area contributed by atoms with Crippen LogP contribution in [-0.4, -0.2) is 54.5 Å². The van der Waals surface area contributed by atoms with E-state index in [0.29, 0.717) is 23.7 Å². The van der Waals surface area contributed by atoms with Crippen molar-refractivity contribution in [2.24, 2.45) is 11.8 Å². The van der Waals surface area contributed by atoms with Crippen molar-refractivity contribution in [3.63, 3.8) is 0 Å². The molecule has 2 aliphatic rings. The van der Waals surface area contributed by atoms with E-state index in [1.165, 1.54) is 0 Å². The zero-order chi connectivity index (χ0) is 15.0. The van der Waals surface area contributed by atoms with Gasteiger partial charge in [0, 0.05) is 39.5 Å². The fraction of sp³-hybridized carbons (Fsp3) is 0.800. The molecule has 0 spiro atoms. The predicted molar refractivity (Wildman–Crippen MR) is 83.9 cm³/mol. The lowest BCUT2D eigenvalue weighted by atomic mass is 10.0. The van der Waals surface area contributed by atoms with Gasteiger partial charge in [0.1, 0.15) is 6.33 Å². The highest BCUT2D eigenvalue weighted by molar-refractivity contribution is 5.32. The molecule has 2 fully saturated rings. The van der Waals surface area contributed by atoms with E-state index in [4.69, 9.17) is 9.47 Å². The highest BCUT2D eigenvalue weighted by atomic mass is 16.5. The van der Waals surface area contributed by atoms with Gasteiger partial charge < -0.3 is 20.1 Å². The maximum absolute atomic E-state index is 5.37. The standard InChI is InChI=1S/C15H25N5O2/c1-5-21-6-2-12(1)9-16-14-18-11-19-15(20-14)17-10-13-3-7-22-8-4-13/h11-13H,1-10H2,(H2,16,17,18,19,20). The van der Waals surface area contributed by atoms with Gasteiger partial charge in [0.05, 0.1) is 0 Å². The lowest BCUT2D eigenvalue weighted by molar-refractivity contribution is 0.0698. The van der Waals surface area contributed by atoms with Crippen LogP contribution in [-0.2, 0) is 9.47 Å². The Morgan fingerprint density at radius 3 is 1.73 bits per heavy atom. The molecule has 2 saturated heterocycles. The molecule has 0 aliphatic carbocycles. The number of ether oxygens (including phenoxy) is 2. The molecule has 0 amide bonds. The first kappa shape index (κ1) is 15.4. The Morgan fingerprint density at radius 2 is 1.27 bits per heavy atom. The van der Waals surface area contributed by atoms with E-state index in [2.05, 4.69) is 25.6 Å². The Labute approximate surface area is 131 Å². The normalized spacial score (nSPS) is 20.7. The lowest BCUT2D eigenvalue weighted by Crippen LogP contribution is -2.24. The van der Waals surface area contributed by atoms with Gasteiger partial charge in [0.25, 0.3) is 0 Å². The van der Waals surface area contributed by atoms with Crippen LogP contribution in [0.2, 0.25) is 0 Å². The largest absolute Gasteiger partial charge is 0.381 e. The van der Waals surface area contributed by atoms with Gasteiger partial charge >= 0.3 is 0 Å². The molecule has 0 radical (unpaired) electrons. The number of aromatic nitrogens is 3. The Kier molecular flexibility index (Phi) is 5.78. The number of hydrogen-bond donors (Lipinski definition) is 2. The third-order valence-electron chi connectivity index (χ3n) is 4.35. The van der Waals surface area contributed by atoms with E-state index >= 15 is 0 Å². The number of nitrogens with one attached hydrogen (secondary N) is 2. The second kappa shape index (κ2) is 8.24. The molecule has 7 heteroatoms. The summed E-state index contributed by atoms with van der Waals surface area (Å²) in [5.74, 6) is 2.58. The molecule has 7 nitrogen and oxygen atoms in total. The Hall–Kier alpha value is -1.47. The molecule has 22 heavy (non-hydrogen) atoms. The number of nitrogens with zero attached hydrogens (tertiary/aromatic N) is 3. The average molecular weight is 307 g/mol. The summed E-state index contributed by atoms with van der Waals surface area (Å²) in [6, 6.07) is 0. The van der Waals surface area contributed by atoms with Crippen molar-refractivity contribution in [2.45, 2.75) is 25.7 Å². The summed E-state index contributed by atoms with van der Waals surface area (Å²) in [6.07, 6.45) is 5.98. The predicted octanol–water partition coefficient (Wildman–Crippen LogP) is 1.55. The molecule has 0 saturated carbocycles. The maximum atomic E-state index is 5.37. The molecule has 0 unspecified atom stereocenters. The fourth-order valence-electron chi connectivity index (χ4n) is 2.84. The summed E-state index contributed by atoms with van der Waals surface area (Å²) in [5.41, 5.74) is 0. The quantitative estimate of drug-likeness (QED) is 0.825. The summed E-state index contributed by atoms with van der Waals surface area (Å²) >= 11 is 0. The Bertz CT molecular complexity index is 410. The van der Waals surface area contributed by atoms with E-state index in [-0.39, 0.29) is 0 Å². The van der Waals surface area contributed by atoms with E-state index in [9.17, 15) is 0 Å². The van der Waals surface area contributed by atoms with Gasteiger partial charge in [0.2, 0.25) is 11.9 Å². The summed E-state index contributed by atoms with van der Waals surface area (Å²) in [6.45, 7) is 5.24. The Balaban J connectivity index is 1.44. The van der Waals surface area contributed by atoms with Gasteiger partial charge in [-0.2, -0.15) is 4.98 Å². The molecular formula is C15H25N5O2. The smallest absolute Gasteiger partial charge is 0.227 e. The van der Waals surface area contributed by atoms with Crippen molar-refractivity contribution >= 4 is 11.9 Å².